The van der Waals surface area contributed by atoms with Crippen molar-refractivity contribution in [2.75, 3.05) is 18.2 Å². The van der Waals surface area contributed by atoms with Gasteiger partial charge in [-0.3, -0.25) is 9.36 Å². The first-order chi connectivity index (χ1) is 19.1. The molecular formula is C30H34N4O5S. The Balaban J connectivity index is 1.46. The number of sulfone groups is 1. The molecule has 6 rings (SSSR count). The van der Waals surface area contributed by atoms with E-state index in [-0.39, 0.29) is 29.2 Å². The number of hydrogen-bond donors (Lipinski definition) is 1. The Morgan fingerprint density at radius 1 is 1.05 bits per heavy atom. The van der Waals surface area contributed by atoms with Crippen LogP contribution in [0.5, 0.6) is 0 Å². The minimum Gasteiger partial charge on any atom is -0.461 e. The Morgan fingerprint density at radius 3 is 2.50 bits per heavy atom. The molecule has 0 radical (unpaired) electrons. The number of nitrogens with one attached hydrogen (secondary N) is 1. The molecule has 1 aliphatic heterocycles. The van der Waals surface area contributed by atoms with Gasteiger partial charge in [0, 0.05) is 30.8 Å². The molecule has 0 bridgehead atoms. The van der Waals surface area contributed by atoms with Crippen molar-refractivity contribution in [3.05, 3.63) is 53.2 Å². The molecule has 4 heterocycles. The predicted octanol–water partition coefficient (Wildman–Crippen LogP) is 5.98. The molecule has 0 amide bonds. The summed E-state index contributed by atoms with van der Waals surface area (Å²) in [5, 5.41) is 3.34. The summed E-state index contributed by atoms with van der Waals surface area (Å²) in [6, 6.07) is 8.94. The largest absolute Gasteiger partial charge is 0.461 e. The van der Waals surface area contributed by atoms with Gasteiger partial charge >= 0.3 is 0 Å². The van der Waals surface area contributed by atoms with Crippen molar-refractivity contribution in [1.82, 2.24) is 14.5 Å². The molecule has 210 valence electrons. The Bertz CT molecular complexity index is 1710. The average Bonchev–Trinajstić information content (AvgIpc) is 3.64. The van der Waals surface area contributed by atoms with Gasteiger partial charge in [-0.15, -0.1) is 0 Å². The van der Waals surface area contributed by atoms with E-state index in [9.17, 15) is 13.2 Å². The van der Waals surface area contributed by atoms with E-state index in [1.54, 1.807) is 12.1 Å². The van der Waals surface area contributed by atoms with E-state index in [4.69, 9.17) is 19.1 Å². The molecule has 4 aromatic rings. The van der Waals surface area contributed by atoms with Crippen LogP contribution < -0.4 is 5.32 Å². The second kappa shape index (κ2) is 10.2. The van der Waals surface area contributed by atoms with Gasteiger partial charge in [0.1, 0.15) is 34.9 Å². The van der Waals surface area contributed by atoms with Gasteiger partial charge in [0.25, 0.3) is 0 Å². The molecule has 1 saturated heterocycles. The van der Waals surface area contributed by atoms with Gasteiger partial charge in [-0.25, -0.2) is 18.4 Å². The molecule has 1 aliphatic carbocycles. The first-order valence-electron chi connectivity index (χ1n) is 13.8. The molecule has 10 heteroatoms. The number of carbonyl (C=O) groups excluding carboxylic acids is 1. The second-order valence-corrected chi connectivity index (χ2v) is 13.0. The van der Waals surface area contributed by atoms with Crippen LogP contribution in [0.25, 0.3) is 22.5 Å². The van der Waals surface area contributed by atoms with Gasteiger partial charge in [-0.05, 0) is 88.8 Å². The SMILES string of the molecule is Cc1cc(-c2ccc(Nc3cc(CC(=O)C4CC4)nc4c3nc(C)n4C3CCCCO3)c(S(C)(=O)=O)c2)oc1C. The number of pyridine rings is 1. The number of anilines is 2. The van der Waals surface area contributed by atoms with Crippen LogP contribution >= 0.6 is 0 Å². The van der Waals surface area contributed by atoms with Crippen LogP contribution in [0.4, 0.5) is 11.4 Å². The van der Waals surface area contributed by atoms with E-state index in [0.29, 0.717) is 46.2 Å². The number of hydrogen-bond acceptors (Lipinski definition) is 8. The summed E-state index contributed by atoms with van der Waals surface area (Å²) >= 11 is 0. The number of nitrogens with zero attached hydrogens (tertiary/aromatic N) is 3. The highest BCUT2D eigenvalue weighted by atomic mass is 32.2. The third-order valence-corrected chi connectivity index (χ3v) is 8.95. The van der Waals surface area contributed by atoms with Crippen LogP contribution in [0.15, 0.2) is 39.6 Å². The van der Waals surface area contributed by atoms with Gasteiger partial charge in [-0.2, -0.15) is 0 Å². The topological polar surface area (TPSA) is 116 Å². The molecule has 1 unspecified atom stereocenters. The summed E-state index contributed by atoms with van der Waals surface area (Å²) in [6.07, 6.45) is 6.01. The lowest BCUT2D eigenvalue weighted by molar-refractivity contribution is -0.119. The Morgan fingerprint density at radius 2 is 1.85 bits per heavy atom. The standard InChI is InChI=1S/C30H34N4O5S/c1-17-13-26(39-18(17)2)21-10-11-23(27(14-21)40(4,36)37)33-24-15-22(16-25(35)20-8-9-20)32-30-29(24)31-19(3)34(30)28-7-5-6-12-38-28/h10-11,13-15,20,28H,5-9,12,16H2,1-4H3,(H,32,33). The van der Waals surface area contributed by atoms with E-state index in [2.05, 4.69) is 5.32 Å². The Labute approximate surface area is 233 Å². The number of carbonyl (C=O) groups is 1. The lowest BCUT2D eigenvalue weighted by atomic mass is 10.1. The fourth-order valence-corrected chi connectivity index (χ4v) is 6.22. The fourth-order valence-electron chi connectivity index (χ4n) is 5.36. The van der Waals surface area contributed by atoms with Gasteiger partial charge in [0.05, 0.1) is 22.0 Å². The predicted molar refractivity (Wildman–Crippen MR) is 153 cm³/mol. The highest BCUT2D eigenvalue weighted by Crippen LogP contribution is 2.37. The fraction of sp³-hybridized carbons (Fsp3) is 0.433. The maximum Gasteiger partial charge on any atom is 0.177 e. The van der Waals surface area contributed by atoms with Crippen LogP contribution in [0.1, 0.15) is 61.2 Å². The van der Waals surface area contributed by atoms with Crippen LogP contribution in [-0.4, -0.2) is 41.6 Å². The summed E-state index contributed by atoms with van der Waals surface area (Å²) in [6.45, 7) is 6.43. The third-order valence-electron chi connectivity index (χ3n) is 7.81. The molecule has 2 fully saturated rings. The van der Waals surface area contributed by atoms with Crippen molar-refractivity contribution in [3.63, 3.8) is 0 Å². The van der Waals surface area contributed by atoms with Crippen LogP contribution in [0.2, 0.25) is 0 Å². The van der Waals surface area contributed by atoms with Crippen molar-refractivity contribution in [3.8, 4) is 11.3 Å². The molecule has 3 aromatic heterocycles. The van der Waals surface area contributed by atoms with Gasteiger partial charge in [-0.1, -0.05) is 0 Å². The van der Waals surface area contributed by atoms with E-state index >= 15 is 0 Å². The smallest absolute Gasteiger partial charge is 0.177 e. The maximum atomic E-state index is 13.0. The van der Waals surface area contributed by atoms with Crippen molar-refractivity contribution in [2.45, 2.75) is 70.4 Å². The molecule has 9 nitrogen and oxygen atoms in total. The van der Waals surface area contributed by atoms with Crippen molar-refractivity contribution < 1.29 is 22.4 Å². The molecule has 1 saturated carbocycles. The van der Waals surface area contributed by atoms with E-state index < -0.39 is 9.84 Å². The molecular weight excluding hydrogens is 528 g/mol. The number of aromatic nitrogens is 3. The van der Waals surface area contributed by atoms with Crippen LogP contribution in [-0.2, 0) is 25.8 Å². The maximum absolute atomic E-state index is 13.0. The van der Waals surface area contributed by atoms with E-state index in [1.807, 2.05) is 43.5 Å². The summed E-state index contributed by atoms with van der Waals surface area (Å²) in [7, 11) is -3.61. The molecule has 2 aliphatic rings. The van der Waals surface area contributed by atoms with Crippen molar-refractivity contribution in [1.29, 1.82) is 0 Å². The van der Waals surface area contributed by atoms with Gasteiger partial charge < -0.3 is 14.5 Å². The summed E-state index contributed by atoms with van der Waals surface area (Å²) < 4.78 is 39.9. The van der Waals surface area contributed by atoms with Gasteiger partial charge in [0.15, 0.2) is 15.5 Å². The molecule has 1 atom stereocenters. The minimum atomic E-state index is -3.61. The normalized spacial score (nSPS) is 17.9. The molecule has 40 heavy (non-hydrogen) atoms. The van der Waals surface area contributed by atoms with Gasteiger partial charge in [0.2, 0.25) is 0 Å². The zero-order valence-corrected chi connectivity index (χ0v) is 24.1. The number of ketones is 1. The first-order valence-corrected chi connectivity index (χ1v) is 15.7. The molecule has 1 aromatic carbocycles. The number of fused-ring (bicyclic) bond motifs is 1. The summed E-state index contributed by atoms with van der Waals surface area (Å²) in [4.78, 5) is 22.6. The van der Waals surface area contributed by atoms with Crippen LogP contribution in [0, 0.1) is 26.7 Å². The zero-order valence-electron chi connectivity index (χ0n) is 23.3. The zero-order chi connectivity index (χ0) is 28.2. The second-order valence-electron chi connectivity index (χ2n) is 11.1. The third kappa shape index (κ3) is 5.17. The summed E-state index contributed by atoms with van der Waals surface area (Å²) in [5.41, 5.74) is 4.55. The number of furan rings is 1. The molecule has 0 spiro atoms. The number of Topliss-reactive ketones (excluding diaryl/α,β-unsaturated/α-hetero) is 1. The van der Waals surface area contributed by atoms with Crippen LogP contribution in [0.3, 0.4) is 0 Å². The van der Waals surface area contributed by atoms with E-state index in [1.165, 1.54) is 6.26 Å². The quantitative estimate of drug-likeness (QED) is 0.279. The molecule has 1 N–H and O–H groups in total. The number of benzene rings is 1. The lowest BCUT2D eigenvalue weighted by Crippen LogP contribution is -2.19. The highest BCUT2D eigenvalue weighted by Gasteiger charge is 2.30. The number of ether oxygens (including phenoxy) is 1. The van der Waals surface area contributed by atoms with E-state index in [0.717, 1.165) is 49.3 Å². The number of rotatable bonds is 8. The monoisotopic (exact) mass is 562 g/mol. The summed E-state index contributed by atoms with van der Waals surface area (Å²) in [5.74, 6) is 2.45. The Hall–Kier alpha value is -3.50. The number of imidazole rings is 1. The van der Waals surface area contributed by atoms with Crippen molar-refractivity contribution >= 4 is 38.2 Å². The Kier molecular flexibility index (Phi) is 6.78. The highest BCUT2D eigenvalue weighted by molar-refractivity contribution is 7.90. The first kappa shape index (κ1) is 26.7. The average molecular weight is 563 g/mol. The lowest BCUT2D eigenvalue weighted by Gasteiger charge is -2.25. The minimum absolute atomic E-state index is 0.112. The number of aryl methyl sites for hydroxylation is 3. The van der Waals surface area contributed by atoms with Crippen molar-refractivity contribution in [2.24, 2.45) is 5.92 Å².